The van der Waals surface area contributed by atoms with E-state index in [1.807, 2.05) is 48.5 Å². The van der Waals surface area contributed by atoms with Gasteiger partial charge in [-0.15, -0.1) is 0 Å². The normalized spacial score (nSPS) is 27.0. The lowest BCUT2D eigenvalue weighted by molar-refractivity contribution is 0.0199. The number of carbonyl (C=O) groups is 2. The fourth-order valence-electron chi connectivity index (χ4n) is 5.84. The Balaban J connectivity index is 2.50. The third kappa shape index (κ3) is 3.87. The molecule has 7 nitrogen and oxygen atoms in total. The highest BCUT2D eigenvalue weighted by atomic mass is 79.9. The molecule has 3 rings (SSSR count). The van der Waals surface area contributed by atoms with E-state index in [2.05, 4.69) is 15.9 Å². The molecule has 0 aliphatic carbocycles. The van der Waals surface area contributed by atoms with Crippen molar-refractivity contribution >= 4 is 45.0 Å². The first-order valence-corrected chi connectivity index (χ1v) is 12.2. The molecule has 33 heavy (non-hydrogen) atoms. The number of rotatable bonds is 1. The molecule has 2 heterocycles. The van der Waals surface area contributed by atoms with Crippen LogP contribution in [0.3, 0.4) is 0 Å². The molecule has 1 aromatic carbocycles. The van der Waals surface area contributed by atoms with Gasteiger partial charge in [0.25, 0.3) is 0 Å². The molecular formula is C23H30BrFN2O5S. The molecule has 0 bridgehead atoms. The van der Waals surface area contributed by atoms with E-state index in [4.69, 9.17) is 9.73 Å². The van der Waals surface area contributed by atoms with Gasteiger partial charge in [-0.05, 0) is 36.0 Å². The molecule has 2 aliphatic rings. The number of hydrogen-bond donors (Lipinski definition) is 2. The van der Waals surface area contributed by atoms with Gasteiger partial charge in [0.05, 0.1) is 12.7 Å². The lowest BCUT2D eigenvalue weighted by Crippen LogP contribution is -2.65. The average Bonchev–Trinajstić information content (AvgIpc) is 2.98. The number of nitrogens with zero attached hydrogens (tertiary/aromatic N) is 2. The van der Waals surface area contributed by atoms with Crippen LogP contribution in [0.1, 0.15) is 54.0 Å². The quantitative estimate of drug-likeness (QED) is 0.423. The molecule has 3 atom stereocenters. The maximum atomic E-state index is 15.4. The predicted octanol–water partition coefficient (Wildman–Crippen LogP) is 6.41. The summed E-state index contributed by atoms with van der Waals surface area (Å²) in [6.07, 6.45) is -3.68. The van der Waals surface area contributed by atoms with Crippen LogP contribution in [0.15, 0.2) is 27.7 Å². The smallest absolute Gasteiger partial charge is 0.423 e. The summed E-state index contributed by atoms with van der Waals surface area (Å²) in [6, 6.07) is 4.53. The number of halogens is 2. The number of amides is 2. The van der Waals surface area contributed by atoms with E-state index in [0.29, 0.717) is 4.47 Å². The molecule has 2 aliphatic heterocycles. The minimum Gasteiger partial charge on any atom is -0.464 e. The van der Waals surface area contributed by atoms with Crippen molar-refractivity contribution in [3.63, 3.8) is 0 Å². The van der Waals surface area contributed by atoms with Crippen molar-refractivity contribution in [1.29, 1.82) is 0 Å². The molecule has 2 amide bonds. The Morgan fingerprint density at radius 1 is 1.18 bits per heavy atom. The summed E-state index contributed by atoms with van der Waals surface area (Å²) in [4.78, 5) is 29.0. The molecule has 2 N–H and O–H groups in total. The van der Waals surface area contributed by atoms with Gasteiger partial charge in [-0.2, -0.15) is 4.90 Å². The van der Waals surface area contributed by atoms with Gasteiger partial charge in [-0.1, -0.05) is 69.2 Å². The van der Waals surface area contributed by atoms with Crippen LogP contribution in [0.5, 0.6) is 0 Å². The zero-order chi connectivity index (χ0) is 25.1. The lowest BCUT2D eigenvalue weighted by atomic mass is 9.54. The van der Waals surface area contributed by atoms with Crippen LogP contribution in [0.25, 0.3) is 0 Å². The van der Waals surface area contributed by atoms with Crippen LogP contribution in [0.4, 0.5) is 14.0 Å². The molecule has 10 heteroatoms. The third-order valence-electron chi connectivity index (χ3n) is 6.73. The van der Waals surface area contributed by atoms with Gasteiger partial charge < -0.3 is 14.9 Å². The van der Waals surface area contributed by atoms with Gasteiger partial charge in [0.2, 0.25) is 0 Å². The number of fused-ring (bicyclic) bond motifs is 1. The first kappa shape index (κ1) is 26.0. The van der Waals surface area contributed by atoms with E-state index in [1.165, 1.54) is 6.07 Å². The number of thioether (sulfide) groups is 1. The number of hydrogen-bond acceptors (Lipinski definition) is 5. The van der Waals surface area contributed by atoms with Gasteiger partial charge >= 0.3 is 12.2 Å². The molecule has 0 radical (unpaired) electrons. The van der Waals surface area contributed by atoms with Crippen LogP contribution in [-0.4, -0.2) is 49.9 Å². The van der Waals surface area contributed by atoms with Crippen molar-refractivity contribution in [2.75, 3.05) is 6.61 Å². The Morgan fingerprint density at radius 2 is 1.73 bits per heavy atom. The lowest BCUT2D eigenvalue weighted by Gasteiger charge is -2.61. The van der Waals surface area contributed by atoms with Gasteiger partial charge in [0, 0.05) is 20.7 Å². The molecule has 0 saturated carbocycles. The topological polar surface area (TPSA) is 99.4 Å². The van der Waals surface area contributed by atoms with Crippen molar-refractivity contribution in [2.45, 2.75) is 64.9 Å². The van der Waals surface area contributed by atoms with Gasteiger partial charge in [-0.3, -0.25) is 0 Å². The van der Waals surface area contributed by atoms with Crippen molar-refractivity contribution in [1.82, 2.24) is 4.90 Å². The average molecular weight is 545 g/mol. The molecular weight excluding hydrogens is 515 g/mol. The highest BCUT2D eigenvalue weighted by Crippen LogP contribution is 2.67. The molecule has 1 saturated heterocycles. The van der Waals surface area contributed by atoms with E-state index >= 15 is 4.39 Å². The summed E-state index contributed by atoms with van der Waals surface area (Å²) in [5.41, 5.74) is -2.05. The summed E-state index contributed by atoms with van der Waals surface area (Å²) in [6.45, 7) is 14.1. The van der Waals surface area contributed by atoms with Crippen molar-refractivity contribution in [3.8, 4) is 0 Å². The van der Waals surface area contributed by atoms with E-state index in [0.717, 1.165) is 11.8 Å². The zero-order valence-electron chi connectivity index (χ0n) is 19.8. The fraction of sp³-hybridized carbons (Fsp3) is 0.609. The van der Waals surface area contributed by atoms with Crippen LogP contribution in [0, 0.1) is 22.6 Å². The Bertz CT molecular complexity index is 991. The summed E-state index contributed by atoms with van der Waals surface area (Å²) in [7, 11) is 0. The van der Waals surface area contributed by atoms with Crippen LogP contribution in [0.2, 0.25) is 0 Å². The largest absolute Gasteiger partial charge is 0.464 e. The van der Waals surface area contributed by atoms with Crippen molar-refractivity contribution < 1.29 is 28.9 Å². The Labute approximate surface area is 205 Å². The molecule has 0 aromatic heterocycles. The third-order valence-corrected chi connectivity index (χ3v) is 9.48. The number of imide groups is 1. The number of aliphatic imine (C=N–C) groups is 1. The molecule has 1 fully saturated rings. The maximum Gasteiger partial charge on any atom is 0.423 e. The second-order valence-electron chi connectivity index (χ2n) is 10.7. The molecule has 182 valence electrons. The number of ether oxygens (including phenoxy) is 1. The van der Waals surface area contributed by atoms with E-state index in [-0.39, 0.29) is 34.3 Å². The molecule has 0 spiro atoms. The van der Waals surface area contributed by atoms with E-state index < -0.39 is 39.1 Å². The highest BCUT2D eigenvalue weighted by Gasteiger charge is 2.70. The second kappa shape index (κ2) is 8.23. The summed E-state index contributed by atoms with van der Waals surface area (Å²) < 4.78 is 21.4. The maximum absolute atomic E-state index is 15.4. The first-order valence-electron chi connectivity index (χ1n) is 10.6. The Kier molecular flexibility index (Phi) is 6.48. The highest BCUT2D eigenvalue weighted by molar-refractivity contribution is 9.10. The molecule has 1 aromatic rings. The van der Waals surface area contributed by atoms with Crippen LogP contribution in [-0.2, 0) is 10.3 Å². The summed E-state index contributed by atoms with van der Waals surface area (Å²) in [5, 5.41) is 19.3. The van der Waals surface area contributed by atoms with E-state index in [1.54, 1.807) is 12.1 Å². The minimum atomic E-state index is -1.67. The van der Waals surface area contributed by atoms with Gasteiger partial charge in [-0.25, -0.2) is 19.0 Å². The van der Waals surface area contributed by atoms with Crippen LogP contribution < -0.4 is 0 Å². The Hall–Kier alpha value is -1.65. The van der Waals surface area contributed by atoms with Gasteiger partial charge in [0.15, 0.2) is 5.17 Å². The summed E-state index contributed by atoms with van der Waals surface area (Å²) >= 11 is 4.55. The predicted molar refractivity (Wildman–Crippen MR) is 129 cm³/mol. The van der Waals surface area contributed by atoms with Crippen LogP contribution >= 0.6 is 27.7 Å². The van der Waals surface area contributed by atoms with Crippen molar-refractivity contribution in [2.24, 2.45) is 21.7 Å². The fourth-order valence-corrected chi connectivity index (χ4v) is 8.07. The van der Waals surface area contributed by atoms with E-state index in [9.17, 15) is 19.8 Å². The Morgan fingerprint density at radius 3 is 2.21 bits per heavy atom. The van der Waals surface area contributed by atoms with Gasteiger partial charge in [0.1, 0.15) is 11.4 Å². The zero-order valence-corrected chi connectivity index (χ0v) is 22.2. The minimum absolute atomic E-state index is 0.00272. The molecule has 0 unspecified atom stereocenters. The monoisotopic (exact) mass is 544 g/mol. The first-order chi connectivity index (χ1) is 15.0. The number of amidine groups is 1. The summed E-state index contributed by atoms with van der Waals surface area (Å²) in [5.74, 6) is -0.892. The number of carboxylic acid groups (broad SMARTS) is 2. The number of benzene rings is 1. The van der Waals surface area contributed by atoms with Crippen molar-refractivity contribution in [3.05, 3.63) is 34.1 Å². The standard InChI is InChI=1S/C23H30BrFN2O5S/c1-12-16-22(11-32-12,14-10-13(24)8-9-15(14)25)26-17(27(18(28)29)19(30)31)33-23(16,20(2,3)4)21(5,6)7/h8-10,12,16H,11H2,1-7H3,(H,28,29)(H,30,31)/t12-,16-,22-/m1/s1. The SMILES string of the molecule is C[C@H]1OC[C@]2(c3cc(Br)ccc3F)N=C(N(C(=O)O)C(=O)O)SC(C(C)(C)C)(C(C)(C)C)[C@H]12. The second-order valence-corrected chi connectivity index (χ2v) is 12.8.